The van der Waals surface area contributed by atoms with Crippen molar-refractivity contribution in [2.45, 2.75) is 38.6 Å². The van der Waals surface area contributed by atoms with Crippen molar-refractivity contribution in [3.63, 3.8) is 0 Å². The number of ketones is 1. The zero-order valence-corrected chi connectivity index (χ0v) is 22.0. The summed E-state index contributed by atoms with van der Waals surface area (Å²) in [6.45, 7) is 3.82. The van der Waals surface area contributed by atoms with Crippen LogP contribution in [0.25, 0.3) is 11.0 Å². The number of hydrogen-bond donors (Lipinski definition) is 1. The van der Waals surface area contributed by atoms with E-state index in [1.165, 1.54) is 18.5 Å². The Morgan fingerprint density at radius 1 is 1.12 bits per heavy atom. The maximum atomic E-state index is 12.8. The second kappa shape index (κ2) is 11.0. The van der Waals surface area contributed by atoms with Crippen LogP contribution >= 0.6 is 0 Å². The highest BCUT2D eigenvalue weighted by molar-refractivity contribution is 5.98. The third kappa shape index (κ3) is 6.07. The van der Waals surface area contributed by atoms with Crippen LogP contribution in [0.2, 0.25) is 0 Å². The van der Waals surface area contributed by atoms with Gasteiger partial charge in [-0.05, 0) is 75.1 Å². The molecule has 0 aliphatic carbocycles. The van der Waals surface area contributed by atoms with Gasteiger partial charge in [-0.25, -0.2) is 14.6 Å². The Hall–Kier alpha value is -4.43. The Balaban J connectivity index is 1.41. The van der Waals surface area contributed by atoms with E-state index in [4.69, 9.17) is 10.8 Å². The van der Waals surface area contributed by atoms with E-state index < -0.39 is 12.1 Å². The minimum atomic E-state index is -4.84. The number of hydrogen-bond acceptors (Lipinski definition) is 7. The minimum Gasteiger partial charge on any atom is -0.406 e. The van der Waals surface area contributed by atoms with Gasteiger partial charge in [-0.1, -0.05) is 30.2 Å². The molecule has 8 nitrogen and oxygen atoms in total. The number of benzene rings is 2. The summed E-state index contributed by atoms with van der Waals surface area (Å²) in [5, 5.41) is 5.39. The lowest BCUT2D eigenvalue weighted by molar-refractivity contribution is -0.274. The molecule has 2 aromatic heterocycles. The van der Waals surface area contributed by atoms with Crippen molar-refractivity contribution in [1.82, 2.24) is 24.6 Å². The van der Waals surface area contributed by atoms with E-state index in [1.807, 2.05) is 17.7 Å². The number of nitrogen functional groups attached to an aromatic ring is 1. The molecule has 4 aromatic rings. The van der Waals surface area contributed by atoms with Gasteiger partial charge in [-0.2, -0.15) is 5.10 Å². The molecule has 1 saturated heterocycles. The minimum absolute atomic E-state index is 0.0150. The molecule has 2 N–H and O–H groups in total. The van der Waals surface area contributed by atoms with Gasteiger partial charge in [-0.15, -0.1) is 13.2 Å². The first-order valence-electron chi connectivity index (χ1n) is 12.7. The molecule has 11 heteroatoms. The number of piperidine rings is 1. The van der Waals surface area contributed by atoms with Gasteiger partial charge in [0.15, 0.2) is 11.4 Å². The zero-order valence-electron chi connectivity index (χ0n) is 22.0. The average molecular weight is 549 g/mol. The molecule has 0 saturated carbocycles. The van der Waals surface area contributed by atoms with Crippen LogP contribution in [0.3, 0.4) is 0 Å². The van der Waals surface area contributed by atoms with Crippen molar-refractivity contribution in [2.75, 3.05) is 25.9 Å². The summed E-state index contributed by atoms with van der Waals surface area (Å²) >= 11 is 0. The van der Waals surface area contributed by atoms with Crippen LogP contribution in [0, 0.1) is 18.8 Å². The molecule has 0 bridgehead atoms. The number of carbonyl (C=O) groups is 1. The monoisotopic (exact) mass is 548 g/mol. The summed E-state index contributed by atoms with van der Waals surface area (Å²) in [4.78, 5) is 23.7. The Bertz CT molecular complexity index is 1630. The Labute approximate surface area is 229 Å². The predicted octanol–water partition coefficient (Wildman–Crippen LogP) is 4.71. The van der Waals surface area contributed by atoms with Gasteiger partial charge < -0.3 is 15.4 Å². The molecule has 0 unspecified atom stereocenters. The van der Waals surface area contributed by atoms with Crippen LogP contribution in [0.5, 0.6) is 5.75 Å². The first-order chi connectivity index (χ1) is 19.1. The fourth-order valence-electron chi connectivity index (χ4n) is 4.77. The van der Waals surface area contributed by atoms with Crippen LogP contribution in [-0.4, -0.2) is 56.9 Å². The normalized spacial score (nSPS) is 14.6. The van der Waals surface area contributed by atoms with Crippen LogP contribution in [0.4, 0.5) is 19.0 Å². The maximum absolute atomic E-state index is 12.8. The highest BCUT2D eigenvalue weighted by Gasteiger charge is 2.31. The van der Waals surface area contributed by atoms with Gasteiger partial charge in [0.2, 0.25) is 0 Å². The summed E-state index contributed by atoms with van der Waals surface area (Å²) < 4.78 is 43.6. The SMILES string of the molecule is Cc1ccc(CC(=O)c2cccc(OC(F)(F)F)c2)cc1C#Cc1nn(C2CCN(C)CC2)c2ncnc(N)c12. The largest absolute Gasteiger partial charge is 0.573 e. The highest BCUT2D eigenvalue weighted by Crippen LogP contribution is 2.29. The van der Waals surface area contributed by atoms with Gasteiger partial charge in [0.05, 0.1) is 11.4 Å². The number of aryl methyl sites for hydroxylation is 1. The van der Waals surface area contributed by atoms with Gasteiger partial charge in [0.1, 0.15) is 23.6 Å². The number of likely N-dealkylation sites (tertiary alicyclic amines) is 1. The molecule has 1 fully saturated rings. The number of anilines is 1. The molecule has 0 radical (unpaired) electrons. The van der Waals surface area contributed by atoms with E-state index in [0.29, 0.717) is 33.7 Å². The summed E-state index contributed by atoms with van der Waals surface area (Å²) in [6.07, 6.45) is -1.55. The van der Waals surface area contributed by atoms with Crippen LogP contribution in [0.1, 0.15) is 51.6 Å². The number of ether oxygens (including phenoxy) is 1. The van der Waals surface area contributed by atoms with Gasteiger partial charge >= 0.3 is 6.36 Å². The number of Topliss-reactive ketones (excluding diaryl/α,β-unsaturated/α-hetero) is 1. The molecular weight excluding hydrogens is 521 g/mol. The second-order valence-corrected chi connectivity index (χ2v) is 9.86. The average Bonchev–Trinajstić information content (AvgIpc) is 3.28. The van der Waals surface area contributed by atoms with Crippen molar-refractivity contribution in [3.8, 4) is 17.6 Å². The number of fused-ring (bicyclic) bond motifs is 1. The molecule has 40 heavy (non-hydrogen) atoms. The summed E-state index contributed by atoms with van der Waals surface area (Å²) in [5.41, 5.74) is 9.72. The molecular formula is C29H27F3N6O2. The number of halogens is 3. The number of nitrogens with zero attached hydrogens (tertiary/aromatic N) is 5. The molecule has 206 valence electrons. The van der Waals surface area contributed by atoms with E-state index in [2.05, 4.69) is 38.5 Å². The molecule has 0 amide bonds. The summed E-state index contributed by atoms with van der Waals surface area (Å²) in [7, 11) is 2.10. The summed E-state index contributed by atoms with van der Waals surface area (Å²) in [6, 6.07) is 10.7. The van der Waals surface area contributed by atoms with Gasteiger partial charge in [-0.3, -0.25) is 4.79 Å². The number of rotatable bonds is 5. The second-order valence-electron chi connectivity index (χ2n) is 9.86. The van der Waals surface area contributed by atoms with Crippen molar-refractivity contribution < 1.29 is 22.7 Å². The van der Waals surface area contributed by atoms with E-state index >= 15 is 0 Å². The van der Waals surface area contributed by atoms with E-state index in [1.54, 1.807) is 12.1 Å². The van der Waals surface area contributed by atoms with Crippen molar-refractivity contribution in [2.24, 2.45) is 0 Å². The molecule has 5 rings (SSSR count). The molecule has 1 aliphatic heterocycles. The highest BCUT2D eigenvalue weighted by atomic mass is 19.4. The Morgan fingerprint density at radius 3 is 2.65 bits per heavy atom. The molecule has 3 heterocycles. The molecule has 2 aromatic carbocycles. The van der Waals surface area contributed by atoms with Crippen LogP contribution in [-0.2, 0) is 6.42 Å². The first-order valence-corrected chi connectivity index (χ1v) is 12.7. The molecule has 1 aliphatic rings. The van der Waals surface area contributed by atoms with Gasteiger partial charge in [0.25, 0.3) is 0 Å². The third-order valence-electron chi connectivity index (χ3n) is 6.92. The fourth-order valence-corrected chi connectivity index (χ4v) is 4.77. The zero-order chi connectivity index (χ0) is 28.4. The standard InChI is InChI=1S/C29H27F3N6O2/c1-18-6-7-19(15-25(39)21-4-3-5-23(16-21)40-29(30,31)32)14-20(18)8-9-24-26-27(33)34-17-35-28(26)38(36-24)22-10-12-37(2)13-11-22/h3-7,14,16-17,22H,10-13,15H2,1-2H3,(H2,33,34,35). The Kier molecular flexibility index (Phi) is 7.45. The predicted molar refractivity (Wildman–Crippen MR) is 144 cm³/mol. The van der Waals surface area contributed by atoms with Crippen molar-refractivity contribution >= 4 is 22.6 Å². The fraction of sp³-hybridized carbons (Fsp3) is 0.310. The number of aromatic nitrogens is 4. The van der Waals surface area contributed by atoms with Crippen LogP contribution < -0.4 is 10.5 Å². The Morgan fingerprint density at radius 2 is 1.90 bits per heavy atom. The smallest absolute Gasteiger partial charge is 0.406 e. The van der Waals surface area contributed by atoms with Crippen LogP contribution in [0.15, 0.2) is 48.8 Å². The summed E-state index contributed by atoms with van der Waals surface area (Å²) in [5.74, 6) is 5.82. The maximum Gasteiger partial charge on any atom is 0.573 e. The van der Waals surface area contributed by atoms with Crippen molar-refractivity contribution in [3.05, 3.63) is 76.7 Å². The molecule has 0 atom stereocenters. The third-order valence-corrected chi connectivity index (χ3v) is 6.92. The van der Waals surface area contributed by atoms with Crippen molar-refractivity contribution in [1.29, 1.82) is 0 Å². The van der Waals surface area contributed by atoms with E-state index in [0.717, 1.165) is 43.6 Å². The topological polar surface area (TPSA) is 99.2 Å². The number of nitrogens with two attached hydrogens (primary N) is 1. The lowest BCUT2D eigenvalue weighted by Crippen LogP contribution is -2.32. The van der Waals surface area contributed by atoms with Gasteiger partial charge in [0, 0.05) is 17.5 Å². The van der Waals surface area contributed by atoms with E-state index in [-0.39, 0.29) is 23.8 Å². The first kappa shape index (κ1) is 27.1. The molecule has 0 spiro atoms. The number of carbonyl (C=O) groups excluding carboxylic acids is 1. The number of alkyl halides is 3. The lowest BCUT2D eigenvalue weighted by atomic mass is 9.99. The quantitative estimate of drug-likeness (QED) is 0.285. The van der Waals surface area contributed by atoms with E-state index in [9.17, 15) is 18.0 Å². The lowest BCUT2D eigenvalue weighted by Gasteiger charge is -2.29.